The SMILES string of the molecule is O=C(N/N=C/c1ccc(Oc2nc(Oc3ccc(/C=N/NC(=O)c4cccc(O)c4)cc3)nc(Oc3ccc(/C=N/NC(=O)c4cccc(O)c4)cc3)n2)cc1)c1cccc(O)c1. The number of hydrogen-bond acceptors (Lipinski definition) is 15. The van der Waals surface area contributed by atoms with Gasteiger partial charge in [0.25, 0.3) is 17.7 Å². The molecular weight excluding hydrogens is 811 g/mol. The molecule has 63 heavy (non-hydrogen) atoms. The normalized spacial score (nSPS) is 11.0. The van der Waals surface area contributed by atoms with Crippen molar-refractivity contribution in [3.8, 4) is 52.5 Å². The molecule has 1 aromatic heterocycles. The van der Waals surface area contributed by atoms with Crippen LogP contribution in [-0.2, 0) is 0 Å². The summed E-state index contributed by atoms with van der Waals surface area (Å²) in [5.41, 5.74) is 9.82. The van der Waals surface area contributed by atoms with Crippen molar-refractivity contribution < 1.29 is 43.9 Å². The van der Waals surface area contributed by atoms with E-state index in [4.69, 9.17) is 14.2 Å². The summed E-state index contributed by atoms with van der Waals surface area (Å²) in [6.07, 6.45) is 4.29. The van der Waals surface area contributed by atoms with Crippen molar-refractivity contribution in [2.24, 2.45) is 15.3 Å². The van der Waals surface area contributed by atoms with Crippen LogP contribution < -0.4 is 30.5 Å². The van der Waals surface area contributed by atoms with Gasteiger partial charge in [0.15, 0.2) is 0 Å². The minimum Gasteiger partial charge on any atom is -0.508 e. The van der Waals surface area contributed by atoms with E-state index in [0.29, 0.717) is 33.9 Å². The molecule has 0 radical (unpaired) electrons. The maximum Gasteiger partial charge on any atom is 0.331 e. The van der Waals surface area contributed by atoms with Crippen LogP contribution in [0.15, 0.2) is 161 Å². The molecule has 0 saturated carbocycles. The predicted molar refractivity (Wildman–Crippen MR) is 229 cm³/mol. The van der Waals surface area contributed by atoms with Gasteiger partial charge in [0.05, 0.1) is 18.6 Å². The quantitative estimate of drug-likeness (QED) is 0.0468. The molecule has 18 heteroatoms. The zero-order chi connectivity index (χ0) is 44.0. The largest absolute Gasteiger partial charge is 0.508 e. The van der Waals surface area contributed by atoms with Gasteiger partial charge in [0, 0.05) is 16.7 Å². The Kier molecular flexibility index (Phi) is 13.2. The third-order valence-electron chi connectivity index (χ3n) is 8.31. The Morgan fingerprint density at radius 3 is 0.937 bits per heavy atom. The summed E-state index contributed by atoms with van der Waals surface area (Å²) in [6, 6.07) is 36.9. The number of aromatic nitrogens is 3. The van der Waals surface area contributed by atoms with Crippen molar-refractivity contribution in [3.05, 3.63) is 179 Å². The van der Waals surface area contributed by atoms with E-state index >= 15 is 0 Å². The number of nitrogens with zero attached hydrogens (tertiary/aromatic N) is 6. The minimum absolute atomic E-state index is 0.0423. The number of phenolic OH excluding ortho intramolecular Hbond substituents is 3. The van der Waals surface area contributed by atoms with Crippen LogP contribution in [-0.4, -0.2) is 66.6 Å². The molecule has 0 atom stereocenters. The molecule has 6 aromatic carbocycles. The Morgan fingerprint density at radius 1 is 0.413 bits per heavy atom. The predicted octanol–water partition coefficient (Wildman–Crippen LogP) is 6.66. The van der Waals surface area contributed by atoms with Gasteiger partial charge in [-0.1, -0.05) is 18.2 Å². The highest BCUT2D eigenvalue weighted by Crippen LogP contribution is 2.27. The molecule has 0 fully saturated rings. The average Bonchev–Trinajstić information content (AvgIpc) is 3.28. The monoisotopic (exact) mass is 843 g/mol. The lowest BCUT2D eigenvalue weighted by Gasteiger charge is -2.10. The number of aromatic hydroxyl groups is 3. The van der Waals surface area contributed by atoms with Gasteiger partial charge in [-0.3, -0.25) is 14.4 Å². The molecule has 0 spiro atoms. The molecule has 0 saturated heterocycles. The molecule has 1 heterocycles. The second-order valence-electron chi connectivity index (χ2n) is 12.9. The van der Waals surface area contributed by atoms with Crippen LogP contribution >= 0.6 is 0 Å². The third kappa shape index (κ3) is 12.3. The first kappa shape index (κ1) is 41.7. The first-order chi connectivity index (χ1) is 30.6. The molecule has 3 amide bonds. The summed E-state index contributed by atoms with van der Waals surface area (Å²) in [5, 5.41) is 40.8. The molecule has 0 bridgehead atoms. The van der Waals surface area contributed by atoms with Crippen LogP contribution in [0.25, 0.3) is 0 Å². The number of carbonyl (C=O) groups excluding carboxylic acids is 3. The number of ether oxygens (including phenoxy) is 3. The first-order valence-electron chi connectivity index (χ1n) is 18.6. The van der Waals surface area contributed by atoms with E-state index < -0.39 is 17.7 Å². The van der Waals surface area contributed by atoms with Crippen molar-refractivity contribution in [2.75, 3.05) is 0 Å². The number of carbonyl (C=O) groups is 3. The van der Waals surface area contributed by atoms with Crippen molar-refractivity contribution in [1.82, 2.24) is 31.2 Å². The summed E-state index contributed by atoms with van der Waals surface area (Å²) >= 11 is 0. The summed E-state index contributed by atoms with van der Waals surface area (Å²) in [4.78, 5) is 49.9. The molecule has 0 aliphatic carbocycles. The lowest BCUT2D eigenvalue weighted by Crippen LogP contribution is -2.17. The average molecular weight is 844 g/mol. The molecule has 312 valence electrons. The number of hydrogen-bond donors (Lipinski definition) is 6. The second-order valence-corrected chi connectivity index (χ2v) is 12.9. The molecule has 6 N–H and O–H groups in total. The Morgan fingerprint density at radius 2 is 0.683 bits per heavy atom. The molecule has 7 rings (SSSR count). The standard InChI is InChI=1S/C45H33N9O9/c55-34-7-1-4-31(22-34)40(58)52-46-25-28-10-16-37(17-11-28)61-43-49-44(62-38-18-12-29(13-19-38)26-47-53-41(59)32-5-2-8-35(56)23-32)51-45(50-43)63-39-20-14-30(15-21-39)27-48-54-42(60)33-6-3-9-36(57)24-33/h1-27,55-57H,(H,52,58)(H,53,59)(H,54,60)/b46-25+,47-26+,48-27+. The van der Waals surface area contributed by atoms with Crippen molar-refractivity contribution >= 4 is 36.4 Å². The number of nitrogens with one attached hydrogen (secondary N) is 3. The van der Waals surface area contributed by atoms with Gasteiger partial charge in [-0.05, 0) is 144 Å². The molecule has 7 aromatic rings. The maximum absolute atomic E-state index is 12.3. The Balaban J connectivity index is 1.03. The van der Waals surface area contributed by atoms with Crippen molar-refractivity contribution in [2.45, 2.75) is 0 Å². The lowest BCUT2D eigenvalue weighted by atomic mass is 10.2. The van der Waals surface area contributed by atoms with Gasteiger partial charge in [-0.2, -0.15) is 15.3 Å². The fourth-order valence-corrected chi connectivity index (χ4v) is 5.27. The van der Waals surface area contributed by atoms with Gasteiger partial charge in [0.2, 0.25) is 0 Å². The van der Waals surface area contributed by atoms with E-state index in [9.17, 15) is 29.7 Å². The van der Waals surface area contributed by atoms with Gasteiger partial charge in [-0.25, -0.2) is 16.3 Å². The fourth-order valence-electron chi connectivity index (χ4n) is 5.27. The van der Waals surface area contributed by atoms with Gasteiger partial charge in [0.1, 0.15) is 34.5 Å². The summed E-state index contributed by atoms with van der Waals surface area (Å²) in [5.74, 6) is -0.623. The Labute approximate surface area is 357 Å². The van der Waals surface area contributed by atoms with E-state index in [-0.39, 0.29) is 52.0 Å². The van der Waals surface area contributed by atoms with Gasteiger partial charge >= 0.3 is 18.0 Å². The van der Waals surface area contributed by atoms with Crippen LogP contribution in [0, 0.1) is 0 Å². The fraction of sp³-hybridized carbons (Fsp3) is 0. The second kappa shape index (κ2) is 20.0. The molecule has 0 aliphatic rings. The van der Waals surface area contributed by atoms with Crippen LogP contribution in [0.2, 0.25) is 0 Å². The van der Waals surface area contributed by atoms with Crippen LogP contribution in [0.4, 0.5) is 0 Å². The van der Waals surface area contributed by atoms with Gasteiger partial charge in [-0.15, -0.1) is 15.0 Å². The first-order valence-corrected chi connectivity index (χ1v) is 18.6. The summed E-state index contributed by atoms with van der Waals surface area (Å²) < 4.78 is 17.9. The molecule has 0 aliphatic heterocycles. The van der Waals surface area contributed by atoms with Crippen LogP contribution in [0.5, 0.6) is 52.5 Å². The number of rotatable bonds is 15. The number of benzene rings is 6. The number of hydrazone groups is 3. The third-order valence-corrected chi connectivity index (χ3v) is 8.31. The Hall–Kier alpha value is -9.45. The van der Waals surface area contributed by atoms with Crippen LogP contribution in [0.3, 0.4) is 0 Å². The van der Waals surface area contributed by atoms with E-state index in [0.717, 1.165) is 0 Å². The van der Waals surface area contributed by atoms with Gasteiger partial charge < -0.3 is 29.5 Å². The lowest BCUT2D eigenvalue weighted by molar-refractivity contribution is 0.0947. The van der Waals surface area contributed by atoms with E-state index in [1.807, 2.05) is 0 Å². The summed E-state index contributed by atoms with van der Waals surface area (Å²) in [7, 11) is 0. The summed E-state index contributed by atoms with van der Waals surface area (Å²) in [6.45, 7) is 0. The van der Waals surface area contributed by atoms with E-state index in [1.165, 1.54) is 55.0 Å². The highest BCUT2D eigenvalue weighted by Gasteiger charge is 2.14. The zero-order valence-electron chi connectivity index (χ0n) is 32.6. The molecular formula is C45H33N9O9. The number of amides is 3. The minimum atomic E-state index is -0.497. The number of phenols is 3. The topological polar surface area (TPSA) is 251 Å². The maximum atomic E-state index is 12.3. The molecule has 18 nitrogen and oxygen atoms in total. The molecule has 0 unspecified atom stereocenters. The van der Waals surface area contributed by atoms with Crippen molar-refractivity contribution in [1.29, 1.82) is 0 Å². The van der Waals surface area contributed by atoms with Crippen LogP contribution in [0.1, 0.15) is 47.8 Å². The van der Waals surface area contributed by atoms with E-state index in [1.54, 1.807) is 109 Å². The highest BCUT2D eigenvalue weighted by atomic mass is 16.5. The Bertz CT molecular complexity index is 2520. The van der Waals surface area contributed by atoms with E-state index in [2.05, 4.69) is 46.5 Å². The smallest absolute Gasteiger partial charge is 0.331 e. The van der Waals surface area contributed by atoms with Crippen molar-refractivity contribution in [3.63, 3.8) is 0 Å². The highest BCUT2D eigenvalue weighted by molar-refractivity contribution is 5.96. The zero-order valence-corrected chi connectivity index (χ0v) is 32.6.